The van der Waals surface area contributed by atoms with Gasteiger partial charge in [-0.15, -0.1) is 11.3 Å². The predicted octanol–water partition coefficient (Wildman–Crippen LogP) is 4.41. The monoisotopic (exact) mass is 444 g/mol. The van der Waals surface area contributed by atoms with Crippen LogP contribution in [-0.2, 0) is 24.2 Å². The van der Waals surface area contributed by atoms with Gasteiger partial charge in [0.2, 0.25) is 5.91 Å². The fourth-order valence-corrected chi connectivity index (χ4v) is 6.17. The van der Waals surface area contributed by atoms with Crippen LogP contribution in [0.1, 0.15) is 34.4 Å². The van der Waals surface area contributed by atoms with Crippen molar-refractivity contribution in [3.63, 3.8) is 0 Å². The van der Waals surface area contributed by atoms with Crippen LogP contribution in [0.2, 0.25) is 0 Å². The second-order valence-electron chi connectivity index (χ2n) is 8.77. The fourth-order valence-electron chi connectivity index (χ4n) is 4.92. The zero-order valence-electron chi connectivity index (χ0n) is 18.3. The maximum Gasteiger partial charge on any atom is 0.239 e. The molecule has 0 spiro atoms. The molecule has 1 fully saturated rings. The van der Waals surface area contributed by atoms with Crippen molar-refractivity contribution in [2.75, 3.05) is 38.0 Å². The van der Waals surface area contributed by atoms with Gasteiger partial charge in [0, 0.05) is 37.6 Å². The Balaban J connectivity index is 1.16. The Morgan fingerprint density at radius 2 is 1.75 bits per heavy atom. The molecule has 5 nitrogen and oxygen atoms in total. The van der Waals surface area contributed by atoms with E-state index in [2.05, 4.69) is 63.7 Å². The lowest BCUT2D eigenvalue weighted by molar-refractivity contribution is -0.117. The third-order valence-electron chi connectivity index (χ3n) is 6.64. The molecule has 0 radical (unpaired) electrons. The van der Waals surface area contributed by atoms with E-state index in [0.717, 1.165) is 57.0 Å². The molecular formula is C26H28N4OS. The smallest absolute Gasteiger partial charge is 0.239 e. The van der Waals surface area contributed by atoms with Crippen molar-refractivity contribution < 1.29 is 4.79 Å². The molecule has 2 heterocycles. The summed E-state index contributed by atoms with van der Waals surface area (Å²) in [5.41, 5.74) is 3.22. The van der Waals surface area contributed by atoms with E-state index in [-0.39, 0.29) is 5.91 Å². The highest BCUT2D eigenvalue weighted by atomic mass is 32.1. The minimum Gasteiger partial charge on any atom is -0.315 e. The molecule has 32 heavy (non-hydrogen) atoms. The molecule has 0 unspecified atom stereocenters. The van der Waals surface area contributed by atoms with Gasteiger partial charge in [-0.2, -0.15) is 5.26 Å². The molecule has 0 atom stereocenters. The van der Waals surface area contributed by atoms with E-state index in [4.69, 9.17) is 0 Å². The topological polar surface area (TPSA) is 59.4 Å². The van der Waals surface area contributed by atoms with Gasteiger partial charge in [0.15, 0.2) is 0 Å². The molecule has 0 bridgehead atoms. The van der Waals surface area contributed by atoms with Crippen LogP contribution in [0.4, 0.5) is 5.00 Å². The van der Waals surface area contributed by atoms with E-state index in [1.807, 2.05) is 0 Å². The SMILES string of the molecule is N#Cc1c(NC(=O)CN2CCN(Cc3cccc4ccccc34)CC2)sc2c1CCCC2. The number of hydrogen-bond acceptors (Lipinski definition) is 5. The highest BCUT2D eigenvalue weighted by Crippen LogP contribution is 2.37. The maximum atomic E-state index is 12.7. The number of rotatable bonds is 5. The molecule has 3 aromatic rings. The average molecular weight is 445 g/mol. The first-order chi connectivity index (χ1) is 15.7. The summed E-state index contributed by atoms with van der Waals surface area (Å²) in [5.74, 6) is -0.0115. The fraction of sp³-hybridized carbons (Fsp3) is 0.385. The van der Waals surface area contributed by atoms with E-state index < -0.39 is 0 Å². The van der Waals surface area contributed by atoms with Crippen molar-refractivity contribution in [2.24, 2.45) is 0 Å². The van der Waals surface area contributed by atoms with Crippen molar-refractivity contribution in [3.8, 4) is 6.07 Å². The van der Waals surface area contributed by atoms with Gasteiger partial charge in [-0.3, -0.25) is 14.6 Å². The summed E-state index contributed by atoms with van der Waals surface area (Å²) in [4.78, 5) is 18.7. The Morgan fingerprint density at radius 1 is 1.00 bits per heavy atom. The lowest BCUT2D eigenvalue weighted by atomic mass is 9.96. The summed E-state index contributed by atoms with van der Waals surface area (Å²) < 4.78 is 0. The Hall–Kier alpha value is -2.72. The summed E-state index contributed by atoms with van der Waals surface area (Å²) in [5, 5.41) is 16.0. The highest BCUT2D eigenvalue weighted by Gasteiger charge is 2.23. The van der Waals surface area contributed by atoms with Gasteiger partial charge in [0.25, 0.3) is 0 Å². The van der Waals surface area contributed by atoms with Gasteiger partial charge in [0.05, 0.1) is 12.1 Å². The number of anilines is 1. The van der Waals surface area contributed by atoms with Crippen molar-refractivity contribution >= 4 is 33.0 Å². The molecule has 2 aliphatic rings. The molecule has 1 aliphatic heterocycles. The second kappa shape index (κ2) is 9.41. The molecular weight excluding hydrogens is 416 g/mol. The number of thiophene rings is 1. The van der Waals surface area contributed by atoms with Crippen LogP contribution in [-0.4, -0.2) is 48.4 Å². The van der Waals surface area contributed by atoms with Gasteiger partial charge in [-0.25, -0.2) is 0 Å². The Labute approximate surface area is 193 Å². The molecule has 2 aromatic carbocycles. The zero-order valence-corrected chi connectivity index (χ0v) is 19.1. The summed E-state index contributed by atoms with van der Waals surface area (Å²) in [6.07, 6.45) is 4.30. The van der Waals surface area contributed by atoms with Gasteiger partial charge in [-0.05, 0) is 47.6 Å². The lowest BCUT2D eigenvalue weighted by Gasteiger charge is -2.34. The van der Waals surface area contributed by atoms with Crippen molar-refractivity contribution in [2.45, 2.75) is 32.2 Å². The van der Waals surface area contributed by atoms with Crippen LogP contribution in [0.15, 0.2) is 42.5 Å². The molecule has 0 saturated carbocycles. The minimum absolute atomic E-state index is 0.0115. The van der Waals surface area contributed by atoms with E-state index >= 15 is 0 Å². The van der Waals surface area contributed by atoms with Gasteiger partial charge >= 0.3 is 0 Å². The van der Waals surface area contributed by atoms with Crippen LogP contribution in [0.5, 0.6) is 0 Å². The number of benzene rings is 2. The molecule has 1 aliphatic carbocycles. The summed E-state index contributed by atoms with van der Waals surface area (Å²) in [6, 6.07) is 17.4. The molecule has 1 saturated heterocycles. The molecule has 1 aromatic heterocycles. The van der Waals surface area contributed by atoms with Crippen LogP contribution in [0, 0.1) is 11.3 Å². The number of hydrogen-bond donors (Lipinski definition) is 1. The van der Waals surface area contributed by atoms with E-state index in [9.17, 15) is 10.1 Å². The third-order valence-corrected chi connectivity index (χ3v) is 7.85. The standard InChI is InChI=1S/C26H28N4OS/c27-16-23-22-10-3-4-11-24(22)32-26(23)28-25(31)18-30-14-12-29(13-15-30)17-20-8-5-7-19-6-1-2-9-21(19)20/h1-2,5-9H,3-4,10-15,17-18H2,(H,28,31). The van der Waals surface area contributed by atoms with Gasteiger partial charge in [-0.1, -0.05) is 42.5 Å². The number of amides is 1. The minimum atomic E-state index is -0.0115. The molecule has 1 N–H and O–H groups in total. The summed E-state index contributed by atoms with van der Waals surface area (Å²) in [6.45, 7) is 4.98. The Morgan fingerprint density at radius 3 is 2.59 bits per heavy atom. The number of nitrogens with one attached hydrogen (secondary N) is 1. The van der Waals surface area contributed by atoms with Crippen LogP contribution in [0.25, 0.3) is 10.8 Å². The predicted molar refractivity (Wildman–Crippen MR) is 130 cm³/mol. The normalized spacial score (nSPS) is 17.1. The average Bonchev–Trinajstić information content (AvgIpc) is 3.17. The van der Waals surface area contributed by atoms with Gasteiger partial charge < -0.3 is 5.32 Å². The number of piperazine rings is 1. The number of carbonyl (C=O) groups is 1. The molecule has 5 rings (SSSR count). The largest absolute Gasteiger partial charge is 0.315 e. The lowest BCUT2D eigenvalue weighted by Crippen LogP contribution is -2.48. The summed E-state index contributed by atoms with van der Waals surface area (Å²) >= 11 is 1.60. The van der Waals surface area contributed by atoms with Crippen LogP contribution >= 0.6 is 11.3 Å². The highest BCUT2D eigenvalue weighted by molar-refractivity contribution is 7.16. The quantitative estimate of drug-likeness (QED) is 0.633. The van der Waals surface area contributed by atoms with Crippen molar-refractivity contribution in [1.82, 2.24) is 9.80 Å². The van der Waals surface area contributed by atoms with Crippen LogP contribution in [0.3, 0.4) is 0 Å². The number of nitrogens with zero attached hydrogens (tertiary/aromatic N) is 3. The maximum absolute atomic E-state index is 12.7. The van der Waals surface area contributed by atoms with E-state index in [0.29, 0.717) is 12.1 Å². The van der Waals surface area contributed by atoms with E-state index in [1.165, 1.54) is 33.2 Å². The Bertz CT molecular complexity index is 1170. The summed E-state index contributed by atoms with van der Waals surface area (Å²) in [7, 11) is 0. The molecule has 1 amide bonds. The first-order valence-corrected chi connectivity index (χ1v) is 12.3. The molecule has 6 heteroatoms. The number of carbonyl (C=O) groups excluding carboxylic acids is 1. The second-order valence-corrected chi connectivity index (χ2v) is 9.87. The number of fused-ring (bicyclic) bond motifs is 2. The van der Waals surface area contributed by atoms with E-state index in [1.54, 1.807) is 11.3 Å². The van der Waals surface area contributed by atoms with Gasteiger partial charge in [0.1, 0.15) is 11.1 Å². The Kier molecular flexibility index (Phi) is 6.22. The first-order valence-electron chi connectivity index (χ1n) is 11.5. The first kappa shape index (κ1) is 21.1. The molecule has 164 valence electrons. The third kappa shape index (κ3) is 4.42. The van der Waals surface area contributed by atoms with Crippen molar-refractivity contribution in [3.05, 3.63) is 64.0 Å². The van der Waals surface area contributed by atoms with Crippen molar-refractivity contribution in [1.29, 1.82) is 5.26 Å². The zero-order chi connectivity index (χ0) is 21.9. The number of nitriles is 1. The van der Waals surface area contributed by atoms with Crippen LogP contribution < -0.4 is 5.32 Å². The number of aryl methyl sites for hydroxylation is 1.